The molecule has 0 spiro atoms. The van der Waals surface area contributed by atoms with Gasteiger partial charge in [-0.05, 0) is 17.6 Å². The SMILES string of the molecule is COc1cc2nnsc2cc1N. The highest BCUT2D eigenvalue weighted by Crippen LogP contribution is 2.27. The van der Waals surface area contributed by atoms with Crippen LogP contribution in [0.25, 0.3) is 10.2 Å². The van der Waals surface area contributed by atoms with Crippen LogP contribution in [0.3, 0.4) is 0 Å². The number of ether oxygens (including phenoxy) is 1. The molecule has 12 heavy (non-hydrogen) atoms. The number of hydrogen-bond donors (Lipinski definition) is 1. The average molecular weight is 181 g/mol. The zero-order chi connectivity index (χ0) is 8.55. The second-order valence-electron chi connectivity index (χ2n) is 2.33. The third-order valence-corrected chi connectivity index (χ3v) is 2.29. The fourth-order valence-electron chi connectivity index (χ4n) is 1.00. The van der Waals surface area contributed by atoms with Gasteiger partial charge in [-0.15, -0.1) is 5.10 Å². The minimum Gasteiger partial charge on any atom is -0.495 e. The van der Waals surface area contributed by atoms with Crippen molar-refractivity contribution in [2.45, 2.75) is 0 Å². The van der Waals surface area contributed by atoms with Crippen LogP contribution in [0.4, 0.5) is 5.69 Å². The standard InChI is InChI=1S/C7H7N3OS/c1-11-6-3-5-7(2-4(6)8)12-10-9-5/h2-3H,8H2,1H3. The van der Waals surface area contributed by atoms with Crippen LogP contribution in [0.15, 0.2) is 12.1 Å². The van der Waals surface area contributed by atoms with Gasteiger partial charge in [0.1, 0.15) is 11.3 Å². The summed E-state index contributed by atoms with van der Waals surface area (Å²) in [6.45, 7) is 0. The smallest absolute Gasteiger partial charge is 0.144 e. The summed E-state index contributed by atoms with van der Waals surface area (Å²) in [4.78, 5) is 0. The first-order chi connectivity index (χ1) is 5.81. The summed E-state index contributed by atoms with van der Waals surface area (Å²) in [7, 11) is 1.58. The molecule has 5 heteroatoms. The first kappa shape index (κ1) is 7.30. The van der Waals surface area contributed by atoms with Crippen molar-refractivity contribution >= 4 is 27.4 Å². The Hall–Kier alpha value is -1.36. The van der Waals surface area contributed by atoms with Crippen LogP contribution in [0.2, 0.25) is 0 Å². The maximum absolute atomic E-state index is 5.68. The average Bonchev–Trinajstić information content (AvgIpc) is 2.49. The number of nitrogen functional groups attached to an aromatic ring is 1. The van der Waals surface area contributed by atoms with Crippen LogP contribution >= 0.6 is 11.5 Å². The molecular formula is C7H7N3OS. The molecular weight excluding hydrogens is 174 g/mol. The number of fused-ring (bicyclic) bond motifs is 1. The molecule has 4 nitrogen and oxygen atoms in total. The normalized spacial score (nSPS) is 10.4. The second-order valence-corrected chi connectivity index (χ2v) is 3.12. The Balaban J connectivity index is 2.73. The van der Waals surface area contributed by atoms with Gasteiger partial charge in [-0.25, -0.2) is 0 Å². The van der Waals surface area contributed by atoms with Crippen molar-refractivity contribution in [2.75, 3.05) is 12.8 Å². The Bertz CT molecular complexity index is 412. The Morgan fingerprint density at radius 2 is 2.33 bits per heavy atom. The van der Waals surface area contributed by atoms with E-state index in [9.17, 15) is 0 Å². The Kier molecular flexibility index (Phi) is 1.58. The van der Waals surface area contributed by atoms with Crippen LogP contribution in [0.1, 0.15) is 0 Å². The minimum absolute atomic E-state index is 0.621. The fourth-order valence-corrected chi connectivity index (χ4v) is 1.59. The van der Waals surface area contributed by atoms with Crippen LogP contribution in [0.5, 0.6) is 5.75 Å². The van der Waals surface area contributed by atoms with Crippen LogP contribution < -0.4 is 10.5 Å². The Labute approximate surface area is 73.1 Å². The molecule has 0 atom stereocenters. The maximum Gasteiger partial charge on any atom is 0.144 e. The lowest BCUT2D eigenvalue weighted by atomic mass is 10.3. The van der Waals surface area contributed by atoms with Gasteiger partial charge < -0.3 is 10.5 Å². The molecule has 0 unspecified atom stereocenters. The number of nitrogens with zero attached hydrogens (tertiary/aromatic N) is 2. The predicted octanol–water partition coefficient (Wildman–Crippen LogP) is 1.28. The highest BCUT2D eigenvalue weighted by atomic mass is 32.1. The molecule has 1 heterocycles. The number of nitrogens with two attached hydrogens (primary N) is 1. The molecule has 0 saturated heterocycles. The fraction of sp³-hybridized carbons (Fsp3) is 0.143. The van der Waals surface area contributed by atoms with Crippen LogP contribution in [-0.4, -0.2) is 16.7 Å². The first-order valence-electron chi connectivity index (χ1n) is 3.37. The van der Waals surface area contributed by atoms with Crippen LogP contribution in [0, 0.1) is 0 Å². The van der Waals surface area contributed by atoms with E-state index in [1.807, 2.05) is 6.07 Å². The Morgan fingerprint density at radius 1 is 1.50 bits per heavy atom. The number of rotatable bonds is 1. The lowest BCUT2D eigenvalue weighted by molar-refractivity contribution is 0.417. The van der Waals surface area contributed by atoms with E-state index < -0.39 is 0 Å². The van der Waals surface area contributed by atoms with Crippen molar-refractivity contribution in [3.8, 4) is 5.75 Å². The number of aromatic nitrogens is 2. The van der Waals surface area contributed by atoms with Crippen molar-refractivity contribution in [1.82, 2.24) is 9.59 Å². The maximum atomic E-state index is 5.68. The molecule has 1 aromatic heterocycles. The van der Waals surface area contributed by atoms with E-state index in [1.54, 1.807) is 13.2 Å². The number of methoxy groups -OCH3 is 1. The monoisotopic (exact) mass is 181 g/mol. The number of anilines is 1. The highest BCUT2D eigenvalue weighted by molar-refractivity contribution is 7.12. The summed E-state index contributed by atoms with van der Waals surface area (Å²) < 4.78 is 9.81. The van der Waals surface area contributed by atoms with Gasteiger partial charge in [0.05, 0.1) is 17.5 Å². The van der Waals surface area contributed by atoms with Crippen molar-refractivity contribution < 1.29 is 4.74 Å². The minimum atomic E-state index is 0.621. The van der Waals surface area contributed by atoms with Crippen molar-refractivity contribution in [3.05, 3.63) is 12.1 Å². The van der Waals surface area contributed by atoms with Gasteiger partial charge in [-0.2, -0.15) is 0 Å². The van der Waals surface area contributed by atoms with Gasteiger partial charge in [0, 0.05) is 6.07 Å². The van der Waals surface area contributed by atoms with E-state index in [-0.39, 0.29) is 0 Å². The molecule has 0 radical (unpaired) electrons. The molecule has 0 bridgehead atoms. The van der Waals surface area contributed by atoms with E-state index in [0.717, 1.165) is 10.2 Å². The van der Waals surface area contributed by atoms with E-state index in [2.05, 4.69) is 9.59 Å². The van der Waals surface area contributed by atoms with E-state index in [0.29, 0.717) is 11.4 Å². The summed E-state index contributed by atoms with van der Waals surface area (Å²) in [5.74, 6) is 0.648. The molecule has 2 aromatic rings. The van der Waals surface area contributed by atoms with Gasteiger partial charge in [-0.1, -0.05) is 4.49 Å². The van der Waals surface area contributed by atoms with E-state index >= 15 is 0 Å². The summed E-state index contributed by atoms with van der Waals surface area (Å²) in [5, 5.41) is 3.90. The van der Waals surface area contributed by atoms with Gasteiger partial charge in [0.25, 0.3) is 0 Å². The molecule has 2 N–H and O–H groups in total. The quantitative estimate of drug-likeness (QED) is 0.673. The van der Waals surface area contributed by atoms with Crippen molar-refractivity contribution in [1.29, 1.82) is 0 Å². The summed E-state index contributed by atoms with van der Waals surface area (Å²) in [6.07, 6.45) is 0. The summed E-state index contributed by atoms with van der Waals surface area (Å²) in [5.41, 5.74) is 7.13. The highest BCUT2D eigenvalue weighted by Gasteiger charge is 2.04. The molecule has 0 aliphatic heterocycles. The predicted molar refractivity (Wildman–Crippen MR) is 48.4 cm³/mol. The van der Waals surface area contributed by atoms with Gasteiger partial charge in [0.15, 0.2) is 0 Å². The second kappa shape index (κ2) is 2.60. The van der Waals surface area contributed by atoms with E-state index in [1.165, 1.54) is 11.5 Å². The third kappa shape index (κ3) is 0.984. The van der Waals surface area contributed by atoms with E-state index in [4.69, 9.17) is 10.5 Å². The molecule has 0 fully saturated rings. The van der Waals surface area contributed by atoms with Gasteiger partial charge >= 0.3 is 0 Å². The van der Waals surface area contributed by atoms with Gasteiger partial charge in [-0.3, -0.25) is 0 Å². The zero-order valence-corrected chi connectivity index (χ0v) is 7.26. The lowest BCUT2D eigenvalue weighted by Crippen LogP contribution is -1.91. The largest absolute Gasteiger partial charge is 0.495 e. The molecule has 0 saturated carbocycles. The first-order valence-corrected chi connectivity index (χ1v) is 4.14. The molecule has 2 rings (SSSR count). The molecule has 62 valence electrons. The van der Waals surface area contributed by atoms with Crippen molar-refractivity contribution in [2.24, 2.45) is 0 Å². The summed E-state index contributed by atoms with van der Waals surface area (Å²) >= 11 is 1.32. The molecule has 1 aromatic carbocycles. The topological polar surface area (TPSA) is 61.0 Å². The Morgan fingerprint density at radius 3 is 3.08 bits per heavy atom. The molecule has 0 amide bonds. The van der Waals surface area contributed by atoms with Crippen molar-refractivity contribution in [3.63, 3.8) is 0 Å². The summed E-state index contributed by atoms with van der Waals surface area (Å²) in [6, 6.07) is 3.60. The van der Waals surface area contributed by atoms with Crippen LogP contribution in [-0.2, 0) is 0 Å². The van der Waals surface area contributed by atoms with Gasteiger partial charge in [0.2, 0.25) is 0 Å². The molecule has 0 aliphatic rings. The zero-order valence-electron chi connectivity index (χ0n) is 6.44. The number of hydrogen-bond acceptors (Lipinski definition) is 5. The number of benzene rings is 1. The lowest BCUT2D eigenvalue weighted by Gasteiger charge is -2.01. The third-order valence-electron chi connectivity index (χ3n) is 1.60. The molecule has 0 aliphatic carbocycles.